The molecule has 0 bridgehead atoms. The van der Waals surface area contributed by atoms with Crippen LogP contribution >= 0.6 is 11.8 Å². The van der Waals surface area contributed by atoms with Crippen molar-refractivity contribution in [2.24, 2.45) is 5.41 Å². The Morgan fingerprint density at radius 3 is 3.00 bits per heavy atom. The fourth-order valence-electron chi connectivity index (χ4n) is 3.73. The van der Waals surface area contributed by atoms with Crippen molar-refractivity contribution in [2.75, 3.05) is 19.6 Å². The molecule has 8 heteroatoms. The Morgan fingerprint density at radius 2 is 2.15 bits per heavy atom. The van der Waals surface area contributed by atoms with Crippen LogP contribution < -0.4 is 9.47 Å². The van der Waals surface area contributed by atoms with E-state index in [1.54, 1.807) is 11.8 Å². The Balaban J connectivity index is 1.44. The van der Waals surface area contributed by atoms with Gasteiger partial charge in [0.15, 0.2) is 17.3 Å². The van der Waals surface area contributed by atoms with E-state index in [1.165, 1.54) is 5.56 Å². The monoisotopic (exact) mass is 389 g/mol. The minimum absolute atomic E-state index is 0.0102. The van der Waals surface area contributed by atoms with Crippen LogP contribution in [0.1, 0.15) is 37.0 Å². The third-order valence-electron chi connectivity index (χ3n) is 5.05. The maximum absolute atomic E-state index is 12.4. The first kappa shape index (κ1) is 18.2. The highest BCUT2D eigenvalue weighted by Crippen LogP contribution is 2.38. The summed E-state index contributed by atoms with van der Waals surface area (Å²) in [5, 5.41) is 3.96. The van der Waals surface area contributed by atoms with Gasteiger partial charge in [-0.25, -0.2) is 0 Å². The van der Waals surface area contributed by atoms with E-state index < -0.39 is 0 Å². The van der Waals surface area contributed by atoms with Gasteiger partial charge in [-0.15, -0.1) is 0 Å². The number of likely N-dealkylation sites (tertiary alicyclic amines) is 1. The Bertz CT molecular complexity index is 840. The molecular formula is C19H23N3O4S. The van der Waals surface area contributed by atoms with Gasteiger partial charge in [0.25, 0.3) is 0 Å². The largest absolute Gasteiger partial charge is 0.454 e. The zero-order valence-corrected chi connectivity index (χ0v) is 16.4. The smallest absolute Gasteiger partial charge is 0.246 e. The molecule has 0 unspecified atom stereocenters. The molecule has 0 aliphatic carbocycles. The highest BCUT2D eigenvalue weighted by atomic mass is 32.2. The summed E-state index contributed by atoms with van der Waals surface area (Å²) in [5.74, 6) is 3.61. The molecule has 1 saturated heterocycles. The highest BCUT2D eigenvalue weighted by molar-refractivity contribution is 7.97. The molecule has 3 heterocycles. The quantitative estimate of drug-likeness (QED) is 0.751. The van der Waals surface area contributed by atoms with Crippen LogP contribution in [0.4, 0.5) is 0 Å². The number of aromatic nitrogens is 2. The SMILES string of the molecule is CSCc1noc(CN2C[C@@](C)(Cc3ccc4c(c3)OCO4)CCC2=O)n1. The van der Waals surface area contributed by atoms with Crippen LogP contribution in [-0.4, -0.2) is 40.5 Å². The van der Waals surface area contributed by atoms with Crippen LogP contribution in [0, 0.1) is 5.41 Å². The number of hydrogen-bond acceptors (Lipinski definition) is 7. The second-order valence-electron chi connectivity index (χ2n) is 7.46. The van der Waals surface area contributed by atoms with Crippen molar-refractivity contribution < 1.29 is 18.8 Å². The molecule has 2 aromatic rings. The summed E-state index contributed by atoms with van der Waals surface area (Å²) in [5.41, 5.74) is 1.18. The Morgan fingerprint density at radius 1 is 1.30 bits per heavy atom. The van der Waals surface area contributed by atoms with Crippen LogP contribution in [-0.2, 0) is 23.5 Å². The molecule has 1 fully saturated rings. The molecule has 4 rings (SSSR count). The molecule has 144 valence electrons. The number of thioether (sulfide) groups is 1. The molecule has 1 aromatic heterocycles. The first-order chi connectivity index (χ1) is 13.0. The molecule has 7 nitrogen and oxygen atoms in total. The fourth-order valence-corrected chi connectivity index (χ4v) is 4.11. The summed E-state index contributed by atoms with van der Waals surface area (Å²) in [6, 6.07) is 6.08. The van der Waals surface area contributed by atoms with E-state index in [2.05, 4.69) is 23.1 Å². The van der Waals surface area contributed by atoms with E-state index in [0.717, 1.165) is 24.3 Å². The molecule has 0 N–H and O–H groups in total. The molecule has 2 aliphatic rings. The number of fused-ring (bicyclic) bond motifs is 1. The molecular weight excluding hydrogens is 366 g/mol. The lowest BCUT2D eigenvalue weighted by Gasteiger charge is -2.40. The number of carbonyl (C=O) groups is 1. The number of piperidine rings is 1. The third kappa shape index (κ3) is 4.05. The van der Waals surface area contributed by atoms with E-state index in [-0.39, 0.29) is 18.1 Å². The van der Waals surface area contributed by atoms with Gasteiger partial charge in [-0.3, -0.25) is 4.79 Å². The average Bonchev–Trinajstić information content (AvgIpc) is 3.27. The van der Waals surface area contributed by atoms with Crippen LogP contribution in [0.15, 0.2) is 22.7 Å². The molecule has 1 atom stereocenters. The van der Waals surface area contributed by atoms with E-state index in [0.29, 0.717) is 37.0 Å². The normalized spacial score (nSPS) is 21.7. The topological polar surface area (TPSA) is 77.7 Å². The lowest BCUT2D eigenvalue weighted by Crippen LogP contribution is -2.45. The molecule has 0 spiro atoms. The van der Waals surface area contributed by atoms with E-state index >= 15 is 0 Å². The third-order valence-corrected chi connectivity index (χ3v) is 5.59. The zero-order valence-electron chi connectivity index (χ0n) is 15.6. The van der Waals surface area contributed by atoms with Gasteiger partial charge >= 0.3 is 0 Å². The zero-order chi connectivity index (χ0) is 18.9. The number of hydrogen-bond donors (Lipinski definition) is 0. The Kier molecular flexibility index (Phi) is 4.99. The number of carbonyl (C=O) groups excluding carboxylic acids is 1. The summed E-state index contributed by atoms with van der Waals surface area (Å²) in [4.78, 5) is 18.6. The van der Waals surface area contributed by atoms with Crippen molar-refractivity contribution in [2.45, 2.75) is 38.5 Å². The van der Waals surface area contributed by atoms with Gasteiger partial charge in [0, 0.05) is 13.0 Å². The maximum atomic E-state index is 12.4. The molecule has 0 radical (unpaired) electrons. The molecule has 1 amide bonds. The number of amides is 1. The lowest BCUT2D eigenvalue weighted by molar-refractivity contribution is -0.138. The molecule has 27 heavy (non-hydrogen) atoms. The number of benzene rings is 1. The van der Waals surface area contributed by atoms with Crippen LogP contribution in [0.5, 0.6) is 11.5 Å². The van der Waals surface area contributed by atoms with Crippen molar-refractivity contribution >= 4 is 17.7 Å². The predicted octanol–water partition coefficient (Wildman–Crippen LogP) is 3.03. The highest BCUT2D eigenvalue weighted by Gasteiger charge is 2.36. The summed E-state index contributed by atoms with van der Waals surface area (Å²) in [6.07, 6.45) is 4.26. The average molecular weight is 389 g/mol. The summed E-state index contributed by atoms with van der Waals surface area (Å²) < 4.78 is 16.2. The van der Waals surface area contributed by atoms with Crippen molar-refractivity contribution in [3.05, 3.63) is 35.5 Å². The second-order valence-corrected chi connectivity index (χ2v) is 8.33. The van der Waals surface area contributed by atoms with Gasteiger partial charge in [0.1, 0.15) is 0 Å². The Labute approximate surface area is 162 Å². The standard InChI is InChI=1S/C19H23N3O4S/c1-19(8-13-3-4-14-15(7-13)25-12-24-14)6-5-18(23)22(11-19)9-17-20-16(10-27-2)21-26-17/h3-4,7H,5-6,8-12H2,1-2H3/t19-/m1/s1. The fraction of sp³-hybridized carbons (Fsp3) is 0.526. The van der Waals surface area contributed by atoms with E-state index in [9.17, 15) is 4.79 Å². The van der Waals surface area contributed by atoms with Gasteiger partial charge in [-0.1, -0.05) is 18.1 Å². The van der Waals surface area contributed by atoms with Crippen LogP contribution in [0.25, 0.3) is 0 Å². The van der Waals surface area contributed by atoms with Crippen molar-refractivity contribution in [3.8, 4) is 11.5 Å². The van der Waals surface area contributed by atoms with Crippen molar-refractivity contribution in [1.82, 2.24) is 15.0 Å². The van der Waals surface area contributed by atoms with Crippen LogP contribution in [0.2, 0.25) is 0 Å². The summed E-state index contributed by atoms with van der Waals surface area (Å²) in [7, 11) is 0. The number of ether oxygens (including phenoxy) is 2. The van der Waals surface area contributed by atoms with Crippen LogP contribution in [0.3, 0.4) is 0 Å². The van der Waals surface area contributed by atoms with Crippen molar-refractivity contribution in [3.63, 3.8) is 0 Å². The Hall–Kier alpha value is -2.22. The van der Waals surface area contributed by atoms with Gasteiger partial charge in [-0.2, -0.15) is 16.7 Å². The molecule has 0 saturated carbocycles. The minimum atomic E-state index is -0.0102. The van der Waals surface area contributed by atoms with Crippen molar-refractivity contribution in [1.29, 1.82) is 0 Å². The van der Waals surface area contributed by atoms with Gasteiger partial charge in [-0.05, 0) is 42.2 Å². The maximum Gasteiger partial charge on any atom is 0.246 e. The lowest BCUT2D eigenvalue weighted by atomic mass is 9.76. The first-order valence-electron chi connectivity index (χ1n) is 9.01. The summed E-state index contributed by atoms with van der Waals surface area (Å²) in [6.45, 7) is 3.54. The second kappa shape index (κ2) is 7.42. The predicted molar refractivity (Wildman–Crippen MR) is 101 cm³/mol. The molecule has 2 aliphatic heterocycles. The summed E-state index contributed by atoms with van der Waals surface area (Å²) >= 11 is 1.64. The van der Waals surface area contributed by atoms with Gasteiger partial charge < -0.3 is 18.9 Å². The first-order valence-corrected chi connectivity index (χ1v) is 10.4. The molecule has 1 aromatic carbocycles. The number of nitrogens with zero attached hydrogens (tertiary/aromatic N) is 3. The minimum Gasteiger partial charge on any atom is -0.454 e. The van der Waals surface area contributed by atoms with Gasteiger partial charge in [0.2, 0.25) is 18.6 Å². The number of rotatable bonds is 6. The van der Waals surface area contributed by atoms with E-state index in [4.69, 9.17) is 14.0 Å². The van der Waals surface area contributed by atoms with Gasteiger partial charge in [0.05, 0.1) is 12.3 Å². The van der Waals surface area contributed by atoms with E-state index in [1.807, 2.05) is 23.3 Å².